The van der Waals surface area contributed by atoms with Crippen LogP contribution in [-0.4, -0.2) is 45.9 Å². The maximum absolute atomic E-state index is 12.5. The van der Waals surface area contributed by atoms with Crippen molar-refractivity contribution in [2.75, 3.05) is 13.1 Å². The molecular formula is C15H23N3O2. The molecule has 2 unspecified atom stereocenters. The van der Waals surface area contributed by atoms with E-state index in [2.05, 4.69) is 5.10 Å². The van der Waals surface area contributed by atoms with Crippen molar-refractivity contribution in [3.8, 4) is 0 Å². The van der Waals surface area contributed by atoms with Gasteiger partial charge in [-0.3, -0.25) is 9.48 Å². The average molecular weight is 277 g/mol. The summed E-state index contributed by atoms with van der Waals surface area (Å²) in [6.07, 6.45) is 7.05. The fourth-order valence-electron chi connectivity index (χ4n) is 3.33. The van der Waals surface area contributed by atoms with Gasteiger partial charge in [-0.15, -0.1) is 0 Å². The van der Waals surface area contributed by atoms with Gasteiger partial charge in [0.05, 0.1) is 18.2 Å². The van der Waals surface area contributed by atoms with Crippen molar-refractivity contribution < 1.29 is 9.53 Å². The van der Waals surface area contributed by atoms with Gasteiger partial charge in [-0.25, -0.2) is 0 Å². The molecule has 110 valence electrons. The molecule has 0 N–H and O–H groups in total. The van der Waals surface area contributed by atoms with Gasteiger partial charge < -0.3 is 9.64 Å². The highest BCUT2D eigenvalue weighted by Gasteiger charge is 2.28. The summed E-state index contributed by atoms with van der Waals surface area (Å²) in [6.45, 7) is 5.32. The van der Waals surface area contributed by atoms with E-state index in [1.807, 2.05) is 35.7 Å². The number of carbonyl (C=O) groups excluding carboxylic acids is 1. The maximum atomic E-state index is 12.5. The second kappa shape index (κ2) is 5.56. The monoisotopic (exact) mass is 277 g/mol. The van der Waals surface area contributed by atoms with E-state index in [-0.39, 0.29) is 18.1 Å². The molecule has 3 rings (SSSR count). The summed E-state index contributed by atoms with van der Waals surface area (Å²) < 4.78 is 7.65. The Bertz CT molecular complexity index is 469. The lowest BCUT2D eigenvalue weighted by molar-refractivity contribution is -0.0587. The molecule has 2 fully saturated rings. The van der Waals surface area contributed by atoms with Gasteiger partial charge in [-0.2, -0.15) is 5.10 Å². The van der Waals surface area contributed by atoms with Gasteiger partial charge >= 0.3 is 0 Å². The Morgan fingerprint density at radius 2 is 1.90 bits per heavy atom. The van der Waals surface area contributed by atoms with Gasteiger partial charge in [-0.1, -0.05) is 12.8 Å². The van der Waals surface area contributed by atoms with Crippen LogP contribution in [0.5, 0.6) is 0 Å². The smallest absolute Gasteiger partial charge is 0.274 e. The van der Waals surface area contributed by atoms with Crippen molar-refractivity contribution in [3.05, 3.63) is 18.0 Å². The summed E-state index contributed by atoms with van der Waals surface area (Å²) in [5.74, 6) is 0.0312. The van der Waals surface area contributed by atoms with Crippen LogP contribution in [0.2, 0.25) is 0 Å². The number of carbonyl (C=O) groups is 1. The van der Waals surface area contributed by atoms with Gasteiger partial charge in [0.2, 0.25) is 0 Å². The Labute approximate surface area is 119 Å². The topological polar surface area (TPSA) is 47.4 Å². The third kappa shape index (κ3) is 2.73. The zero-order chi connectivity index (χ0) is 14.1. The number of hydrogen-bond donors (Lipinski definition) is 0. The normalized spacial score (nSPS) is 28.0. The molecule has 5 heteroatoms. The van der Waals surface area contributed by atoms with E-state index < -0.39 is 0 Å². The molecule has 0 spiro atoms. The first-order valence-electron chi connectivity index (χ1n) is 7.63. The Balaban J connectivity index is 1.70. The standard InChI is InChI=1S/C15H23N3O2/c1-11-9-17(10-12(2)20-11)15(19)14-7-8-18(16-14)13-5-3-4-6-13/h7-8,11-13H,3-6,9-10H2,1-2H3. The number of ether oxygens (including phenoxy) is 1. The quantitative estimate of drug-likeness (QED) is 0.833. The summed E-state index contributed by atoms with van der Waals surface area (Å²) >= 11 is 0. The van der Waals surface area contributed by atoms with Crippen LogP contribution in [-0.2, 0) is 4.74 Å². The molecule has 2 atom stereocenters. The highest BCUT2D eigenvalue weighted by Crippen LogP contribution is 2.28. The van der Waals surface area contributed by atoms with E-state index in [4.69, 9.17) is 4.74 Å². The first-order chi connectivity index (χ1) is 9.63. The Hall–Kier alpha value is -1.36. The van der Waals surface area contributed by atoms with Gasteiger partial charge in [0, 0.05) is 19.3 Å². The Morgan fingerprint density at radius 1 is 1.25 bits per heavy atom. The largest absolute Gasteiger partial charge is 0.372 e. The van der Waals surface area contributed by atoms with Gasteiger partial charge in [-0.05, 0) is 32.8 Å². The summed E-state index contributed by atoms with van der Waals surface area (Å²) in [5, 5.41) is 4.50. The molecule has 1 saturated carbocycles. The van der Waals surface area contributed by atoms with E-state index in [1.165, 1.54) is 25.7 Å². The Morgan fingerprint density at radius 3 is 2.55 bits per heavy atom. The molecule has 1 aromatic heterocycles. The third-order valence-corrected chi connectivity index (χ3v) is 4.23. The van der Waals surface area contributed by atoms with Gasteiger partial charge in [0.15, 0.2) is 0 Å². The lowest BCUT2D eigenvalue weighted by Crippen LogP contribution is -2.48. The van der Waals surface area contributed by atoms with Crippen molar-refractivity contribution in [2.45, 2.75) is 57.8 Å². The maximum Gasteiger partial charge on any atom is 0.274 e. The summed E-state index contributed by atoms with van der Waals surface area (Å²) in [7, 11) is 0. The molecule has 0 aromatic carbocycles. The van der Waals surface area contributed by atoms with Crippen LogP contribution < -0.4 is 0 Å². The Kier molecular flexibility index (Phi) is 3.78. The molecule has 1 aliphatic carbocycles. The number of morpholine rings is 1. The van der Waals surface area contributed by atoms with Crippen LogP contribution in [0.15, 0.2) is 12.3 Å². The first-order valence-corrected chi connectivity index (χ1v) is 7.63. The summed E-state index contributed by atoms with van der Waals surface area (Å²) in [5.41, 5.74) is 0.568. The minimum Gasteiger partial charge on any atom is -0.372 e. The van der Waals surface area contributed by atoms with E-state index in [1.54, 1.807) is 0 Å². The number of aromatic nitrogens is 2. The number of amides is 1. The minimum atomic E-state index is 0.0312. The lowest BCUT2D eigenvalue weighted by atomic mass is 10.2. The molecule has 5 nitrogen and oxygen atoms in total. The predicted octanol–water partition coefficient (Wildman–Crippen LogP) is 2.25. The fourth-order valence-corrected chi connectivity index (χ4v) is 3.33. The van der Waals surface area contributed by atoms with Crippen LogP contribution >= 0.6 is 0 Å². The third-order valence-electron chi connectivity index (χ3n) is 4.23. The SMILES string of the molecule is CC1CN(C(=O)c2ccn(C3CCCC3)n2)CC(C)O1. The van der Waals surface area contributed by atoms with Crippen molar-refractivity contribution >= 4 is 5.91 Å². The second-order valence-electron chi connectivity index (χ2n) is 6.09. The predicted molar refractivity (Wildman–Crippen MR) is 75.6 cm³/mol. The van der Waals surface area contributed by atoms with Crippen LogP contribution in [0.4, 0.5) is 0 Å². The highest BCUT2D eigenvalue weighted by atomic mass is 16.5. The van der Waals surface area contributed by atoms with Crippen molar-refractivity contribution in [1.82, 2.24) is 14.7 Å². The van der Waals surface area contributed by atoms with Gasteiger partial charge in [0.25, 0.3) is 5.91 Å². The minimum absolute atomic E-state index is 0.0312. The zero-order valence-electron chi connectivity index (χ0n) is 12.3. The molecule has 0 bridgehead atoms. The van der Waals surface area contributed by atoms with Crippen molar-refractivity contribution in [2.24, 2.45) is 0 Å². The highest BCUT2D eigenvalue weighted by molar-refractivity contribution is 5.92. The lowest BCUT2D eigenvalue weighted by Gasteiger charge is -2.34. The fraction of sp³-hybridized carbons (Fsp3) is 0.733. The number of hydrogen-bond acceptors (Lipinski definition) is 3. The van der Waals surface area contributed by atoms with E-state index in [9.17, 15) is 4.79 Å². The molecule has 0 radical (unpaired) electrons. The molecule has 20 heavy (non-hydrogen) atoms. The summed E-state index contributed by atoms with van der Waals surface area (Å²) in [6, 6.07) is 2.34. The van der Waals surface area contributed by atoms with E-state index in [0.717, 1.165) is 0 Å². The van der Waals surface area contributed by atoms with Crippen molar-refractivity contribution in [3.63, 3.8) is 0 Å². The molecule has 2 heterocycles. The zero-order valence-corrected chi connectivity index (χ0v) is 12.3. The van der Waals surface area contributed by atoms with Gasteiger partial charge in [0.1, 0.15) is 5.69 Å². The van der Waals surface area contributed by atoms with Crippen LogP contribution in [0, 0.1) is 0 Å². The molecule has 1 aliphatic heterocycles. The van der Waals surface area contributed by atoms with Crippen LogP contribution in [0.25, 0.3) is 0 Å². The molecule has 1 aromatic rings. The van der Waals surface area contributed by atoms with E-state index in [0.29, 0.717) is 24.8 Å². The average Bonchev–Trinajstić information content (AvgIpc) is 3.07. The summed E-state index contributed by atoms with van der Waals surface area (Å²) in [4.78, 5) is 14.4. The molecule has 2 aliphatic rings. The van der Waals surface area contributed by atoms with Crippen molar-refractivity contribution in [1.29, 1.82) is 0 Å². The first kappa shape index (κ1) is 13.6. The molecular weight excluding hydrogens is 254 g/mol. The van der Waals surface area contributed by atoms with E-state index >= 15 is 0 Å². The van der Waals surface area contributed by atoms with Crippen LogP contribution in [0.1, 0.15) is 56.1 Å². The number of rotatable bonds is 2. The second-order valence-corrected chi connectivity index (χ2v) is 6.09. The van der Waals surface area contributed by atoms with Crippen LogP contribution in [0.3, 0.4) is 0 Å². The molecule has 1 amide bonds. The number of nitrogens with zero attached hydrogens (tertiary/aromatic N) is 3. The molecule has 1 saturated heterocycles.